The predicted molar refractivity (Wildman–Crippen MR) is 121 cm³/mol. The summed E-state index contributed by atoms with van der Waals surface area (Å²) in [7, 11) is 0. The number of rotatable bonds is 7. The van der Waals surface area contributed by atoms with Crippen molar-refractivity contribution >= 4 is 11.8 Å². The second kappa shape index (κ2) is 10.9. The van der Waals surface area contributed by atoms with Gasteiger partial charge in [-0.3, -0.25) is 14.5 Å². The standard InChI is InChI=1S/C25H39N3O2/c1-18(2)23(27-24(29)21-11-9-19(3)10-12-21)25(30)26-22-13-15-28(16-14-22)17-20-7-5-4-6-8-20/h4-8,18-19,21-23H,9-17H2,1-3H3,(H,26,30)(H,27,29)/t19?,21?,23-/m1/s1. The summed E-state index contributed by atoms with van der Waals surface area (Å²) in [6, 6.07) is 10.3. The lowest BCUT2D eigenvalue weighted by Crippen LogP contribution is -2.54. The predicted octanol–water partition coefficient (Wildman–Crippen LogP) is 3.73. The van der Waals surface area contributed by atoms with E-state index in [1.54, 1.807) is 0 Å². The summed E-state index contributed by atoms with van der Waals surface area (Å²) in [4.78, 5) is 28.1. The van der Waals surface area contributed by atoms with Gasteiger partial charge in [0.2, 0.25) is 11.8 Å². The molecule has 0 spiro atoms. The second-order valence-electron chi connectivity index (χ2n) is 9.73. The minimum Gasteiger partial charge on any atom is -0.351 e. The van der Waals surface area contributed by atoms with Gasteiger partial charge >= 0.3 is 0 Å². The summed E-state index contributed by atoms with van der Waals surface area (Å²) in [5.74, 6) is 0.898. The second-order valence-corrected chi connectivity index (χ2v) is 9.73. The molecule has 5 nitrogen and oxygen atoms in total. The maximum Gasteiger partial charge on any atom is 0.243 e. The van der Waals surface area contributed by atoms with Crippen LogP contribution in [0.4, 0.5) is 0 Å². The summed E-state index contributed by atoms with van der Waals surface area (Å²) in [5.41, 5.74) is 1.33. The Morgan fingerprint density at radius 3 is 2.23 bits per heavy atom. The zero-order valence-electron chi connectivity index (χ0n) is 18.9. The van der Waals surface area contributed by atoms with Gasteiger partial charge in [-0.05, 0) is 55.9 Å². The zero-order valence-corrected chi connectivity index (χ0v) is 18.9. The van der Waals surface area contributed by atoms with Gasteiger partial charge < -0.3 is 10.6 Å². The van der Waals surface area contributed by atoms with Crippen LogP contribution < -0.4 is 10.6 Å². The Morgan fingerprint density at radius 1 is 1.00 bits per heavy atom. The lowest BCUT2D eigenvalue weighted by atomic mass is 9.82. The Kier molecular flexibility index (Phi) is 8.32. The Labute approximate surface area is 182 Å². The molecule has 1 saturated carbocycles. The van der Waals surface area contributed by atoms with Crippen LogP contribution in [0.5, 0.6) is 0 Å². The van der Waals surface area contributed by atoms with Crippen molar-refractivity contribution in [1.82, 2.24) is 15.5 Å². The van der Waals surface area contributed by atoms with E-state index in [1.165, 1.54) is 5.56 Å². The number of benzene rings is 1. The quantitative estimate of drug-likeness (QED) is 0.716. The van der Waals surface area contributed by atoms with E-state index in [0.29, 0.717) is 5.92 Å². The van der Waals surface area contributed by atoms with E-state index in [0.717, 1.165) is 58.2 Å². The van der Waals surface area contributed by atoms with Crippen molar-refractivity contribution in [3.8, 4) is 0 Å². The fraction of sp³-hybridized carbons (Fsp3) is 0.680. The highest BCUT2D eigenvalue weighted by Gasteiger charge is 2.31. The van der Waals surface area contributed by atoms with E-state index in [-0.39, 0.29) is 29.7 Å². The number of hydrogen-bond donors (Lipinski definition) is 2. The molecule has 1 atom stereocenters. The lowest BCUT2D eigenvalue weighted by Gasteiger charge is -2.34. The molecular formula is C25H39N3O2. The Morgan fingerprint density at radius 2 is 1.63 bits per heavy atom. The van der Waals surface area contributed by atoms with Crippen LogP contribution in [-0.4, -0.2) is 41.9 Å². The SMILES string of the molecule is CC1CCC(C(=O)N[C@@H](C(=O)NC2CCN(Cc3ccccc3)CC2)C(C)C)CC1. The van der Waals surface area contributed by atoms with Gasteiger partial charge in [0.05, 0.1) is 0 Å². The highest BCUT2D eigenvalue weighted by molar-refractivity contribution is 5.88. The largest absolute Gasteiger partial charge is 0.351 e. The van der Waals surface area contributed by atoms with Crippen LogP contribution in [-0.2, 0) is 16.1 Å². The smallest absolute Gasteiger partial charge is 0.243 e. The number of nitrogens with zero attached hydrogens (tertiary/aromatic N) is 1. The van der Waals surface area contributed by atoms with E-state index in [4.69, 9.17) is 0 Å². The first kappa shape index (κ1) is 22.8. The van der Waals surface area contributed by atoms with Gasteiger partial charge in [-0.1, -0.05) is 51.1 Å². The molecule has 0 unspecified atom stereocenters. The summed E-state index contributed by atoms with van der Waals surface area (Å²) in [6.45, 7) is 9.21. The molecule has 1 heterocycles. The van der Waals surface area contributed by atoms with Crippen LogP contribution in [0.3, 0.4) is 0 Å². The van der Waals surface area contributed by atoms with Crippen molar-refractivity contribution in [3.05, 3.63) is 35.9 Å². The fourth-order valence-corrected chi connectivity index (χ4v) is 4.70. The molecule has 2 amide bonds. The Hall–Kier alpha value is -1.88. The first-order valence-corrected chi connectivity index (χ1v) is 11.8. The first-order valence-electron chi connectivity index (χ1n) is 11.8. The molecule has 3 rings (SSSR count). The molecule has 30 heavy (non-hydrogen) atoms. The molecule has 0 bridgehead atoms. The normalized spacial score (nSPS) is 24.4. The van der Waals surface area contributed by atoms with Gasteiger partial charge in [-0.15, -0.1) is 0 Å². The van der Waals surface area contributed by atoms with Gasteiger partial charge in [-0.25, -0.2) is 0 Å². The third kappa shape index (κ3) is 6.56. The number of carbonyl (C=O) groups is 2. The topological polar surface area (TPSA) is 61.4 Å². The van der Waals surface area contributed by atoms with Crippen LogP contribution in [0.15, 0.2) is 30.3 Å². The third-order valence-corrected chi connectivity index (χ3v) is 6.82. The molecule has 2 aliphatic rings. The zero-order chi connectivity index (χ0) is 21.5. The average Bonchev–Trinajstić information content (AvgIpc) is 2.74. The fourth-order valence-electron chi connectivity index (χ4n) is 4.70. The number of carbonyl (C=O) groups excluding carboxylic acids is 2. The molecule has 0 aromatic heterocycles. The molecule has 1 aliphatic heterocycles. The molecule has 0 radical (unpaired) electrons. The monoisotopic (exact) mass is 413 g/mol. The molecule has 2 N–H and O–H groups in total. The first-order chi connectivity index (χ1) is 14.4. The van der Waals surface area contributed by atoms with Gasteiger partial charge in [0, 0.05) is 31.6 Å². The number of piperidine rings is 1. The number of amides is 2. The maximum absolute atomic E-state index is 13.0. The number of nitrogens with one attached hydrogen (secondary N) is 2. The van der Waals surface area contributed by atoms with Crippen molar-refractivity contribution in [3.63, 3.8) is 0 Å². The van der Waals surface area contributed by atoms with Gasteiger partial charge in [0.1, 0.15) is 6.04 Å². The summed E-state index contributed by atoms with van der Waals surface area (Å²) in [5, 5.41) is 6.29. The number of hydrogen-bond acceptors (Lipinski definition) is 3. The van der Waals surface area contributed by atoms with Gasteiger partial charge in [0.25, 0.3) is 0 Å². The van der Waals surface area contributed by atoms with Gasteiger partial charge in [-0.2, -0.15) is 0 Å². The van der Waals surface area contributed by atoms with Crippen molar-refractivity contribution < 1.29 is 9.59 Å². The number of likely N-dealkylation sites (tertiary alicyclic amines) is 1. The molecule has 1 saturated heterocycles. The highest BCUT2D eigenvalue weighted by Crippen LogP contribution is 2.28. The summed E-state index contributed by atoms with van der Waals surface area (Å²) < 4.78 is 0. The summed E-state index contributed by atoms with van der Waals surface area (Å²) >= 11 is 0. The van der Waals surface area contributed by atoms with E-state index in [1.807, 2.05) is 19.9 Å². The molecule has 1 aliphatic carbocycles. The summed E-state index contributed by atoms with van der Waals surface area (Å²) in [6.07, 6.45) is 6.02. The van der Waals surface area contributed by atoms with Crippen LogP contribution in [0.1, 0.15) is 64.9 Å². The van der Waals surface area contributed by atoms with Crippen LogP contribution >= 0.6 is 0 Å². The van der Waals surface area contributed by atoms with Crippen molar-refractivity contribution in [2.75, 3.05) is 13.1 Å². The van der Waals surface area contributed by atoms with Crippen molar-refractivity contribution in [1.29, 1.82) is 0 Å². The maximum atomic E-state index is 13.0. The molecule has 5 heteroatoms. The Bertz CT molecular complexity index is 675. The van der Waals surface area contributed by atoms with Crippen molar-refractivity contribution in [2.24, 2.45) is 17.8 Å². The molecule has 1 aromatic carbocycles. The molecule has 166 valence electrons. The van der Waals surface area contributed by atoms with Crippen LogP contribution in [0.25, 0.3) is 0 Å². The Balaban J connectivity index is 1.45. The van der Waals surface area contributed by atoms with E-state index < -0.39 is 6.04 Å². The molecular weight excluding hydrogens is 374 g/mol. The third-order valence-electron chi connectivity index (χ3n) is 6.82. The highest BCUT2D eigenvalue weighted by atomic mass is 16.2. The van der Waals surface area contributed by atoms with E-state index >= 15 is 0 Å². The van der Waals surface area contributed by atoms with Crippen LogP contribution in [0.2, 0.25) is 0 Å². The molecule has 2 fully saturated rings. The minimum atomic E-state index is -0.445. The van der Waals surface area contributed by atoms with E-state index in [2.05, 4.69) is 46.7 Å². The lowest BCUT2D eigenvalue weighted by molar-refractivity contribution is -0.133. The van der Waals surface area contributed by atoms with E-state index in [9.17, 15) is 9.59 Å². The molecule has 1 aromatic rings. The van der Waals surface area contributed by atoms with Crippen LogP contribution in [0, 0.1) is 17.8 Å². The average molecular weight is 414 g/mol. The minimum absolute atomic E-state index is 0.0240. The van der Waals surface area contributed by atoms with Gasteiger partial charge in [0.15, 0.2) is 0 Å². The van der Waals surface area contributed by atoms with Crippen molar-refractivity contribution in [2.45, 2.75) is 77.9 Å².